The Labute approximate surface area is 170 Å². The molecule has 0 spiro atoms. The van der Waals surface area contributed by atoms with Crippen molar-refractivity contribution in [2.45, 2.75) is 12.1 Å². The zero-order chi connectivity index (χ0) is 20.5. The van der Waals surface area contributed by atoms with Gasteiger partial charge >= 0.3 is 0 Å². The summed E-state index contributed by atoms with van der Waals surface area (Å²) in [6.07, 6.45) is 6.55. The minimum atomic E-state index is -0.433. The Hall–Kier alpha value is -3.92. The van der Waals surface area contributed by atoms with Crippen LogP contribution >= 0.6 is 0 Å². The summed E-state index contributed by atoms with van der Waals surface area (Å²) in [5.41, 5.74) is 1.53. The SMILES string of the molecule is O=C(NC1COCC1n1nc(-n2cccn2)ccc1=O)c1ccc2nccnc2c1. The van der Waals surface area contributed by atoms with Gasteiger partial charge in [0.1, 0.15) is 6.04 Å². The Kier molecular flexibility index (Phi) is 4.52. The fraction of sp³-hybridized carbons (Fsp3) is 0.200. The first-order chi connectivity index (χ1) is 14.7. The van der Waals surface area contributed by atoms with Crippen LogP contribution in [0.2, 0.25) is 0 Å². The van der Waals surface area contributed by atoms with Gasteiger partial charge in [0.15, 0.2) is 5.82 Å². The van der Waals surface area contributed by atoms with Crippen LogP contribution in [-0.2, 0) is 4.74 Å². The van der Waals surface area contributed by atoms with Gasteiger partial charge in [-0.15, -0.1) is 5.10 Å². The summed E-state index contributed by atoms with van der Waals surface area (Å²) in [5.74, 6) is 0.226. The molecule has 1 aliphatic rings. The fourth-order valence-electron chi connectivity index (χ4n) is 3.46. The topological polar surface area (TPSA) is 117 Å². The first-order valence-electron chi connectivity index (χ1n) is 9.38. The normalized spacial score (nSPS) is 18.5. The molecule has 2 atom stereocenters. The molecule has 10 heteroatoms. The molecule has 0 aliphatic carbocycles. The first-order valence-corrected chi connectivity index (χ1v) is 9.38. The predicted molar refractivity (Wildman–Crippen MR) is 106 cm³/mol. The van der Waals surface area contributed by atoms with Gasteiger partial charge in [0.2, 0.25) is 0 Å². The lowest BCUT2D eigenvalue weighted by molar-refractivity contribution is 0.0924. The maximum Gasteiger partial charge on any atom is 0.267 e. The number of nitrogens with zero attached hydrogens (tertiary/aromatic N) is 6. The Morgan fingerprint density at radius 3 is 2.77 bits per heavy atom. The molecule has 1 fully saturated rings. The van der Waals surface area contributed by atoms with E-state index in [9.17, 15) is 9.59 Å². The molecule has 10 nitrogen and oxygen atoms in total. The van der Waals surface area contributed by atoms with Gasteiger partial charge in [0, 0.05) is 36.4 Å². The number of amides is 1. The maximum absolute atomic E-state index is 12.8. The zero-order valence-electron chi connectivity index (χ0n) is 15.8. The second kappa shape index (κ2) is 7.48. The average molecular weight is 403 g/mol. The molecule has 5 rings (SSSR count). The van der Waals surface area contributed by atoms with Gasteiger partial charge in [0.25, 0.3) is 11.5 Å². The van der Waals surface area contributed by atoms with Gasteiger partial charge < -0.3 is 10.1 Å². The van der Waals surface area contributed by atoms with Crippen LogP contribution < -0.4 is 10.9 Å². The summed E-state index contributed by atoms with van der Waals surface area (Å²) >= 11 is 0. The van der Waals surface area contributed by atoms with E-state index >= 15 is 0 Å². The summed E-state index contributed by atoms with van der Waals surface area (Å²) in [6.45, 7) is 0.549. The number of rotatable bonds is 4. The Bertz CT molecular complexity index is 1270. The molecule has 4 heterocycles. The Balaban J connectivity index is 1.40. The van der Waals surface area contributed by atoms with Crippen LogP contribution in [0.3, 0.4) is 0 Å². The minimum absolute atomic E-state index is 0.267. The molecule has 4 aromatic rings. The van der Waals surface area contributed by atoms with Crippen molar-refractivity contribution >= 4 is 16.9 Å². The molecule has 1 aliphatic heterocycles. The van der Waals surface area contributed by atoms with Crippen molar-refractivity contribution < 1.29 is 9.53 Å². The van der Waals surface area contributed by atoms with E-state index in [4.69, 9.17) is 4.74 Å². The summed E-state index contributed by atoms with van der Waals surface area (Å²) in [4.78, 5) is 33.7. The van der Waals surface area contributed by atoms with Crippen LogP contribution in [-0.4, -0.2) is 54.7 Å². The van der Waals surface area contributed by atoms with Crippen molar-refractivity contribution in [1.82, 2.24) is 34.8 Å². The molecular weight excluding hydrogens is 386 g/mol. The number of carbonyl (C=O) groups excluding carboxylic acids is 1. The monoisotopic (exact) mass is 403 g/mol. The molecule has 3 aromatic heterocycles. The predicted octanol–water partition coefficient (Wildman–Crippen LogP) is 0.742. The van der Waals surface area contributed by atoms with E-state index in [2.05, 4.69) is 25.5 Å². The number of ether oxygens (including phenoxy) is 1. The summed E-state index contributed by atoms with van der Waals surface area (Å²) in [6, 6.07) is 9.09. The minimum Gasteiger partial charge on any atom is -0.377 e. The van der Waals surface area contributed by atoms with E-state index in [1.54, 1.807) is 59.8 Å². The smallest absolute Gasteiger partial charge is 0.267 e. The van der Waals surface area contributed by atoms with E-state index in [-0.39, 0.29) is 24.7 Å². The number of carbonyl (C=O) groups is 1. The number of aromatic nitrogens is 6. The van der Waals surface area contributed by atoms with Gasteiger partial charge in [-0.3, -0.25) is 19.6 Å². The average Bonchev–Trinajstić information content (AvgIpc) is 3.46. The van der Waals surface area contributed by atoms with Gasteiger partial charge in [-0.1, -0.05) is 0 Å². The lowest BCUT2D eigenvalue weighted by Gasteiger charge is -2.20. The van der Waals surface area contributed by atoms with Crippen LogP contribution in [0.4, 0.5) is 0 Å². The largest absolute Gasteiger partial charge is 0.377 e. The lowest BCUT2D eigenvalue weighted by Crippen LogP contribution is -2.44. The van der Waals surface area contributed by atoms with E-state index in [0.29, 0.717) is 22.4 Å². The highest BCUT2D eigenvalue weighted by Crippen LogP contribution is 2.19. The number of hydrogen-bond acceptors (Lipinski definition) is 7. The lowest BCUT2D eigenvalue weighted by atomic mass is 10.1. The van der Waals surface area contributed by atoms with E-state index in [1.165, 1.54) is 10.7 Å². The second-order valence-electron chi connectivity index (χ2n) is 6.87. The van der Waals surface area contributed by atoms with Gasteiger partial charge in [-0.05, 0) is 30.3 Å². The third kappa shape index (κ3) is 3.33. The second-order valence-corrected chi connectivity index (χ2v) is 6.87. The van der Waals surface area contributed by atoms with Gasteiger partial charge in [-0.2, -0.15) is 5.10 Å². The van der Waals surface area contributed by atoms with Gasteiger partial charge in [0.05, 0.1) is 30.3 Å². The first kappa shape index (κ1) is 18.1. The molecule has 1 amide bonds. The van der Waals surface area contributed by atoms with Crippen LogP contribution in [0, 0.1) is 0 Å². The molecule has 0 radical (unpaired) electrons. The van der Waals surface area contributed by atoms with Crippen molar-refractivity contribution in [3.8, 4) is 5.82 Å². The highest BCUT2D eigenvalue weighted by atomic mass is 16.5. The van der Waals surface area contributed by atoms with Crippen LogP contribution in [0.25, 0.3) is 16.9 Å². The molecule has 0 bridgehead atoms. The molecule has 1 N–H and O–H groups in total. The summed E-state index contributed by atoms with van der Waals surface area (Å²) in [7, 11) is 0. The molecular formula is C20H17N7O3. The van der Waals surface area contributed by atoms with Crippen LogP contribution in [0.15, 0.2) is 66.0 Å². The highest BCUT2D eigenvalue weighted by molar-refractivity contribution is 5.97. The molecule has 1 saturated heterocycles. The zero-order valence-corrected chi connectivity index (χ0v) is 15.8. The van der Waals surface area contributed by atoms with Crippen molar-refractivity contribution in [2.75, 3.05) is 13.2 Å². The summed E-state index contributed by atoms with van der Waals surface area (Å²) in [5, 5.41) is 11.5. The molecule has 0 saturated carbocycles. The number of nitrogens with one attached hydrogen (secondary N) is 1. The molecule has 30 heavy (non-hydrogen) atoms. The number of benzene rings is 1. The summed E-state index contributed by atoms with van der Waals surface area (Å²) < 4.78 is 8.47. The van der Waals surface area contributed by atoms with E-state index in [1.807, 2.05) is 0 Å². The third-order valence-electron chi connectivity index (χ3n) is 4.96. The van der Waals surface area contributed by atoms with Crippen LogP contribution in [0.5, 0.6) is 0 Å². The van der Waals surface area contributed by atoms with E-state index in [0.717, 1.165) is 0 Å². The number of fused-ring (bicyclic) bond motifs is 1. The fourth-order valence-corrected chi connectivity index (χ4v) is 3.46. The highest BCUT2D eigenvalue weighted by Gasteiger charge is 2.33. The third-order valence-corrected chi connectivity index (χ3v) is 4.96. The van der Waals surface area contributed by atoms with Crippen molar-refractivity contribution in [3.63, 3.8) is 0 Å². The van der Waals surface area contributed by atoms with Gasteiger partial charge in [-0.25, -0.2) is 9.36 Å². The quantitative estimate of drug-likeness (QED) is 0.534. The Morgan fingerprint density at radius 2 is 1.93 bits per heavy atom. The Morgan fingerprint density at radius 1 is 1.07 bits per heavy atom. The molecule has 150 valence electrons. The standard InChI is InChI=1S/C20H17N7O3/c28-19-5-4-18(26-9-1-6-23-26)25-27(19)17-12-30-11-16(17)24-20(29)13-2-3-14-15(10-13)22-8-7-21-14/h1-10,16-17H,11-12H2,(H,24,29). The van der Waals surface area contributed by atoms with Crippen molar-refractivity contribution in [2.24, 2.45) is 0 Å². The molecule has 1 aromatic carbocycles. The molecule has 2 unspecified atom stereocenters. The van der Waals surface area contributed by atoms with Crippen molar-refractivity contribution in [3.05, 3.63) is 77.1 Å². The number of hydrogen-bond donors (Lipinski definition) is 1. The van der Waals surface area contributed by atoms with Crippen LogP contribution in [0.1, 0.15) is 16.4 Å². The van der Waals surface area contributed by atoms with E-state index < -0.39 is 12.1 Å². The van der Waals surface area contributed by atoms with Crippen molar-refractivity contribution in [1.29, 1.82) is 0 Å². The maximum atomic E-state index is 12.8.